The second-order valence-corrected chi connectivity index (χ2v) is 5.98. The first-order chi connectivity index (χ1) is 11.0. The molecule has 0 saturated heterocycles. The van der Waals surface area contributed by atoms with Gasteiger partial charge < -0.3 is 9.30 Å². The maximum Gasteiger partial charge on any atom is 0.199 e. The van der Waals surface area contributed by atoms with Crippen LogP contribution in [0.4, 0.5) is 0 Å². The van der Waals surface area contributed by atoms with Crippen LogP contribution >= 0.6 is 12.2 Å². The molecule has 0 atom stereocenters. The first-order valence-corrected chi connectivity index (χ1v) is 8.05. The van der Waals surface area contributed by atoms with Gasteiger partial charge in [0.25, 0.3) is 0 Å². The Labute approximate surface area is 142 Å². The van der Waals surface area contributed by atoms with Gasteiger partial charge in [-0.05, 0) is 50.8 Å². The molecule has 0 unspecified atom stereocenters. The Hall–Kier alpha value is -1.92. The van der Waals surface area contributed by atoms with Gasteiger partial charge in [0.1, 0.15) is 18.2 Å². The minimum absolute atomic E-state index is 0.625. The molecule has 1 aromatic carbocycles. The second-order valence-electron chi connectivity index (χ2n) is 5.61. The lowest BCUT2D eigenvalue weighted by molar-refractivity contribution is 0.197. The van der Waals surface area contributed by atoms with E-state index >= 15 is 0 Å². The van der Waals surface area contributed by atoms with Crippen molar-refractivity contribution in [2.45, 2.75) is 27.1 Å². The highest BCUT2D eigenvalue weighted by Crippen LogP contribution is 2.12. The summed E-state index contributed by atoms with van der Waals surface area (Å²) in [6, 6.07) is 8.07. The van der Waals surface area contributed by atoms with E-state index in [0.717, 1.165) is 18.1 Å². The van der Waals surface area contributed by atoms with Gasteiger partial charge in [-0.15, -0.1) is 6.58 Å². The minimum atomic E-state index is 0.625. The summed E-state index contributed by atoms with van der Waals surface area (Å²) in [5.41, 5.74) is 1.20. The van der Waals surface area contributed by atoms with E-state index in [0.29, 0.717) is 24.6 Å². The van der Waals surface area contributed by atoms with Crippen LogP contribution in [-0.2, 0) is 13.2 Å². The zero-order chi connectivity index (χ0) is 16.8. The van der Waals surface area contributed by atoms with E-state index in [9.17, 15) is 0 Å². The molecule has 0 fully saturated rings. The number of hydrogen-bond donors (Lipinski definition) is 0. The third kappa shape index (κ3) is 4.77. The average Bonchev–Trinajstić information content (AvgIpc) is 2.75. The standard InChI is InChI=1S/C17H24N4OS/c1-5-9-20-15(3)18-21(17(20)23)13-19(4)10-11-22-16-8-6-7-14(2)12-16/h5-8,12H,1,9-11,13H2,2-4H3. The molecule has 2 aromatic rings. The molecular formula is C17H24N4OS. The number of benzene rings is 1. The molecule has 1 heterocycles. The van der Waals surface area contributed by atoms with Crippen molar-refractivity contribution in [1.29, 1.82) is 0 Å². The second kappa shape index (κ2) is 8.08. The number of ether oxygens (including phenoxy) is 1. The zero-order valence-electron chi connectivity index (χ0n) is 14.0. The molecule has 0 aliphatic carbocycles. The third-order valence-corrected chi connectivity index (χ3v) is 3.96. The maximum atomic E-state index is 5.78. The molecular weight excluding hydrogens is 308 g/mol. The molecule has 2 rings (SSSR count). The normalized spacial score (nSPS) is 11.0. The largest absolute Gasteiger partial charge is 0.492 e. The maximum absolute atomic E-state index is 5.78. The van der Waals surface area contributed by atoms with E-state index in [-0.39, 0.29) is 0 Å². The number of hydrogen-bond acceptors (Lipinski definition) is 4. The van der Waals surface area contributed by atoms with Crippen LogP contribution in [-0.4, -0.2) is 39.4 Å². The van der Waals surface area contributed by atoms with Crippen molar-refractivity contribution in [3.63, 3.8) is 0 Å². The van der Waals surface area contributed by atoms with Gasteiger partial charge >= 0.3 is 0 Å². The lowest BCUT2D eigenvalue weighted by Crippen LogP contribution is -2.27. The van der Waals surface area contributed by atoms with Gasteiger partial charge in [-0.2, -0.15) is 5.10 Å². The molecule has 5 nitrogen and oxygen atoms in total. The fraction of sp³-hybridized carbons (Fsp3) is 0.412. The van der Waals surface area contributed by atoms with Crippen molar-refractivity contribution >= 4 is 12.2 Å². The number of nitrogens with zero attached hydrogens (tertiary/aromatic N) is 4. The van der Waals surface area contributed by atoms with Gasteiger partial charge in [-0.1, -0.05) is 18.2 Å². The van der Waals surface area contributed by atoms with Gasteiger partial charge in [0, 0.05) is 13.1 Å². The molecule has 0 saturated carbocycles. The van der Waals surface area contributed by atoms with Crippen LogP contribution in [0.2, 0.25) is 0 Å². The summed E-state index contributed by atoms with van der Waals surface area (Å²) in [7, 11) is 2.03. The van der Waals surface area contributed by atoms with E-state index in [1.165, 1.54) is 5.56 Å². The Kier molecular flexibility index (Phi) is 6.12. The zero-order valence-corrected chi connectivity index (χ0v) is 14.8. The fourth-order valence-corrected chi connectivity index (χ4v) is 2.61. The highest BCUT2D eigenvalue weighted by atomic mass is 32.1. The highest BCUT2D eigenvalue weighted by Gasteiger charge is 2.08. The fourth-order valence-electron chi connectivity index (χ4n) is 2.30. The summed E-state index contributed by atoms with van der Waals surface area (Å²) < 4.78 is 10.3. The lowest BCUT2D eigenvalue weighted by atomic mass is 10.2. The van der Waals surface area contributed by atoms with E-state index in [2.05, 4.69) is 29.6 Å². The summed E-state index contributed by atoms with van der Waals surface area (Å²) in [6.07, 6.45) is 1.83. The Balaban J connectivity index is 1.87. The van der Waals surface area contributed by atoms with Crippen LogP contribution in [0.1, 0.15) is 11.4 Å². The first-order valence-electron chi connectivity index (χ1n) is 7.64. The summed E-state index contributed by atoms with van der Waals surface area (Å²) in [5.74, 6) is 1.81. The van der Waals surface area contributed by atoms with E-state index in [1.807, 2.05) is 47.5 Å². The predicted molar refractivity (Wildman–Crippen MR) is 95.3 cm³/mol. The van der Waals surface area contributed by atoms with Crippen molar-refractivity contribution in [3.05, 3.63) is 53.1 Å². The third-order valence-electron chi connectivity index (χ3n) is 3.53. The summed E-state index contributed by atoms with van der Waals surface area (Å²) >= 11 is 5.46. The molecule has 0 radical (unpaired) electrons. The molecule has 23 heavy (non-hydrogen) atoms. The van der Waals surface area contributed by atoms with Crippen molar-refractivity contribution in [3.8, 4) is 5.75 Å². The van der Waals surface area contributed by atoms with Crippen LogP contribution < -0.4 is 4.74 Å². The van der Waals surface area contributed by atoms with Crippen molar-refractivity contribution in [2.75, 3.05) is 20.2 Å². The molecule has 0 amide bonds. The van der Waals surface area contributed by atoms with Crippen LogP contribution in [0, 0.1) is 18.6 Å². The molecule has 6 heteroatoms. The van der Waals surface area contributed by atoms with Gasteiger partial charge in [0.05, 0.1) is 6.67 Å². The predicted octanol–water partition coefficient (Wildman–Crippen LogP) is 3.19. The monoisotopic (exact) mass is 332 g/mol. The summed E-state index contributed by atoms with van der Waals surface area (Å²) in [5, 5.41) is 4.49. The van der Waals surface area contributed by atoms with Gasteiger partial charge in [0.2, 0.25) is 0 Å². The Morgan fingerprint density at radius 3 is 2.87 bits per heavy atom. The van der Waals surface area contributed by atoms with Crippen LogP contribution in [0.15, 0.2) is 36.9 Å². The van der Waals surface area contributed by atoms with E-state index < -0.39 is 0 Å². The number of rotatable bonds is 8. The van der Waals surface area contributed by atoms with Crippen molar-refractivity contribution in [1.82, 2.24) is 19.2 Å². The molecule has 0 bridgehead atoms. The van der Waals surface area contributed by atoms with Crippen LogP contribution in [0.3, 0.4) is 0 Å². The molecule has 1 aromatic heterocycles. The average molecular weight is 332 g/mol. The minimum Gasteiger partial charge on any atom is -0.492 e. The van der Waals surface area contributed by atoms with E-state index in [4.69, 9.17) is 17.0 Å². The lowest BCUT2D eigenvalue weighted by Gasteiger charge is -2.16. The number of likely N-dealkylation sites (N-methyl/N-ethyl adjacent to an activating group) is 1. The Bertz CT molecular complexity index is 720. The number of aryl methyl sites for hydroxylation is 2. The van der Waals surface area contributed by atoms with Crippen LogP contribution in [0.5, 0.6) is 5.75 Å². The van der Waals surface area contributed by atoms with Gasteiger partial charge in [-0.25, -0.2) is 4.68 Å². The first kappa shape index (κ1) is 17.4. The molecule has 124 valence electrons. The number of allylic oxidation sites excluding steroid dienone is 1. The van der Waals surface area contributed by atoms with Crippen LogP contribution in [0.25, 0.3) is 0 Å². The topological polar surface area (TPSA) is 35.2 Å². The molecule has 0 aliphatic heterocycles. The summed E-state index contributed by atoms with van der Waals surface area (Å²) in [4.78, 5) is 2.14. The smallest absolute Gasteiger partial charge is 0.199 e. The molecule has 0 spiro atoms. The molecule has 0 aliphatic rings. The van der Waals surface area contributed by atoms with Crippen molar-refractivity contribution in [2.24, 2.45) is 0 Å². The van der Waals surface area contributed by atoms with Gasteiger partial charge in [0.15, 0.2) is 4.77 Å². The quantitative estimate of drug-likeness (QED) is 0.549. The Morgan fingerprint density at radius 1 is 1.39 bits per heavy atom. The van der Waals surface area contributed by atoms with Gasteiger partial charge in [-0.3, -0.25) is 4.90 Å². The number of aromatic nitrogens is 3. The van der Waals surface area contributed by atoms with E-state index in [1.54, 1.807) is 0 Å². The van der Waals surface area contributed by atoms with Crippen molar-refractivity contribution < 1.29 is 4.74 Å². The highest BCUT2D eigenvalue weighted by molar-refractivity contribution is 7.71. The SMILES string of the molecule is C=CCn1c(C)nn(CN(C)CCOc2cccc(C)c2)c1=S. The summed E-state index contributed by atoms with van der Waals surface area (Å²) in [6.45, 7) is 10.5. The Morgan fingerprint density at radius 2 is 2.17 bits per heavy atom. The molecule has 0 N–H and O–H groups in total.